The summed E-state index contributed by atoms with van der Waals surface area (Å²) in [5, 5.41) is 16.6. The van der Waals surface area contributed by atoms with Crippen molar-refractivity contribution < 1.29 is 24.2 Å². The fourth-order valence-corrected chi connectivity index (χ4v) is 5.35. The van der Waals surface area contributed by atoms with Crippen LogP contribution in [0, 0.1) is 0 Å². The maximum absolute atomic E-state index is 13.1. The summed E-state index contributed by atoms with van der Waals surface area (Å²) in [6, 6.07) is 7.32. The summed E-state index contributed by atoms with van der Waals surface area (Å²) in [7, 11) is 0. The highest BCUT2D eigenvalue weighted by Crippen LogP contribution is 2.32. The molecule has 32 heavy (non-hydrogen) atoms. The van der Waals surface area contributed by atoms with E-state index in [0.717, 1.165) is 19.3 Å². The number of ether oxygens (including phenoxy) is 2. The van der Waals surface area contributed by atoms with E-state index in [4.69, 9.17) is 9.47 Å². The standard InChI is InChI=1S/C24H33N3O5/c28-20-9-8-17-10-11-31-21-7-2-1-6-18(21)23(29)26-15-12-19(24(30)25-13-22(20)32-17)27(14-15)16-4-3-5-16/h1-2,6-7,15-17,19-20,22,28H,3-5,8-14H2,(H,25,30)(H,26,29)/t15-,17-,19-,20-,22+/m0/s1. The van der Waals surface area contributed by atoms with Gasteiger partial charge in [0.05, 0.1) is 30.4 Å². The summed E-state index contributed by atoms with van der Waals surface area (Å²) in [6.45, 7) is 1.39. The maximum atomic E-state index is 13.1. The van der Waals surface area contributed by atoms with Gasteiger partial charge in [0.2, 0.25) is 5.91 Å². The summed E-state index contributed by atoms with van der Waals surface area (Å²) in [5.41, 5.74) is 0.514. The first-order valence-corrected chi connectivity index (χ1v) is 12.0. The molecule has 0 spiro atoms. The van der Waals surface area contributed by atoms with Crippen molar-refractivity contribution in [3.8, 4) is 5.75 Å². The van der Waals surface area contributed by atoms with E-state index in [1.54, 1.807) is 6.07 Å². The normalized spacial score (nSPS) is 34.6. The smallest absolute Gasteiger partial charge is 0.255 e. The van der Waals surface area contributed by atoms with E-state index >= 15 is 0 Å². The lowest BCUT2D eigenvalue weighted by Crippen LogP contribution is -2.53. The summed E-state index contributed by atoms with van der Waals surface area (Å²) in [4.78, 5) is 28.5. The Morgan fingerprint density at radius 1 is 1.06 bits per heavy atom. The average molecular weight is 444 g/mol. The number of carbonyl (C=O) groups is 2. The minimum absolute atomic E-state index is 0.0394. The number of rotatable bonds is 1. The molecule has 0 unspecified atom stereocenters. The molecule has 2 saturated heterocycles. The number of hydrogen-bond donors (Lipinski definition) is 3. The van der Waals surface area contributed by atoms with E-state index in [1.807, 2.05) is 18.2 Å². The highest BCUT2D eigenvalue weighted by molar-refractivity contribution is 5.97. The van der Waals surface area contributed by atoms with E-state index in [1.165, 1.54) is 6.42 Å². The van der Waals surface area contributed by atoms with Crippen molar-refractivity contribution in [2.45, 2.75) is 81.4 Å². The van der Waals surface area contributed by atoms with Crippen LogP contribution in [0.2, 0.25) is 0 Å². The Bertz CT molecular complexity index is 845. The molecule has 174 valence electrons. The van der Waals surface area contributed by atoms with Crippen molar-refractivity contribution in [2.75, 3.05) is 19.7 Å². The van der Waals surface area contributed by atoms with Gasteiger partial charge in [0, 0.05) is 31.6 Å². The molecule has 3 aliphatic heterocycles. The second kappa shape index (κ2) is 9.37. The zero-order chi connectivity index (χ0) is 22.1. The molecule has 1 aromatic carbocycles. The van der Waals surface area contributed by atoms with E-state index < -0.39 is 12.2 Å². The lowest BCUT2D eigenvalue weighted by Gasteiger charge is -2.38. The molecule has 3 heterocycles. The first-order chi connectivity index (χ1) is 15.6. The first kappa shape index (κ1) is 21.7. The molecular weight excluding hydrogens is 410 g/mol. The number of likely N-dealkylation sites (tertiary alicyclic amines) is 1. The van der Waals surface area contributed by atoms with E-state index in [9.17, 15) is 14.7 Å². The number of aliphatic hydroxyl groups excluding tert-OH is 1. The Morgan fingerprint density at radius 3 is 2.72 bits per heavy atom. The van der Waals surface area contributed by atoms with Crippen molar-refractivity contribution in [3.05, 3.63) is 29.8 Å². The van der Waals surface area contributed by atoms with Gasteiger partial charge < -0.3 is 25.2 Å². The number of para-hydroxylation sites is 1. The number of hydrogen-bond acceptors (Lipinski definition) is 6. The summed E-state index contributed by atoms with van der Waals surface area (Å²) in [6.07, 6.45) is 4.96. The highest BCUT2D eigenvalue weighted by atomic mass is 16.5. The van der Waals surface area contributed by atoms with Gasteiger partial charge in [-0.3, -0.25) is 14.5 Å². The van der Waals surface area contributed by atoms with Crippen LogP contribution in [0.3, 0.4) is 0 Å². The number of benzene rings is 1. The van der Waals surface area contributed by atoms with Crippen LogP contribution in [0.15, 0.2) is 24.3 Å². The minimum Gasteiger partial charge on any atom is -0.493 e. The number of nitrogens with one attached hydrogen (secondary N) is 2. The molecule has 8 heteroatoms. The fraction of sp³-hybridized carbons (Fsp3) is 0.667. The molecule has 1 saturated carbocycles. The van der Waals surface area contributed by atoms with Crippen LogP contribution in [0.4, 0.5) is 0 Å². The quantitative estimate of drug-likeness (QED) is 0.604. The third-order valence-corrected chi connectivity index (χ3v) is 7.41. The number of aliphatic hydroxyl groups is 1. The molecule has 5 atom stereocenters. The Labute approximate surface area is 188 Å². The van der Waals surface area contributed by atoms with Crippen molar-refractivity contribution in [1.29, 1.82) is 0 Å². The summed E-state index contributed by atoms with van der Waals surface area (Å²) in [5.74, 6) is 0.361. The monoisotopic (exact) mass is 443 g/mol. The van der Waals surface area contributed by atoms with Crippen LogP contribution in [-0.2, 0) is 9.53 Å². The van der Waals surface area contributed by atoms with E-state index in [-0.39, 0.29) is 30.0 Å². The molecule has 4 bridgehead atoms. The summed E-state index contributed by atoms with van der Waals surface area (Å²) < 4.78 is 12.1. The predicted octanol–water partition coefficient (Wildman–Crippen LogP) is 1.22. The number of carbonyl (C=O) groups excluding carboxylic acids is 2. The molecule has 3 fully saturated rings. The molecule has 1 aromatic rings. The average Bonchev–Trinajstić information content (AvgIpc) is 3.15. The van der Waals surface area contributed by atoms with E-state index in [2.05, 4.69) is 15.5 Å². The molecule has 2 amide bonds. The van der Waals surface area contributed by atoms with Crippen molar-refractivity contribution in [3.63, 3.8) is 0 Å². The fourth-order valence-electron chi connectivity index (χ4n) is 5.35. The van der Waals surface area contributed by atoms with Crippen LogP contribution in [0.25, 0.3) is 0 Å². The largest absolute Gasteiger partial charge is 0.493 e. The third-order valence-electron chi connectivity index (χ3n) is 7.41. The van der Waals surface area contributed by atoms with Gasteiger partial charge in [-0.25, -0.2) is 0 Å². The Morgan fingerprint density at radius 2 is 1.91 bits per heavy atom. The van der Waals surface area contributed by atoms with Crippen molar-refractivity contribution >= 4 is 11.8 Å². The van der Waals surface area contributed by atoms with Crippen molar-refractivity contribution in [1.82, 2.24) is 15.5 Å². The van der Waals surface area contributed by atoms with Crippen LogP contribution in [0.5, 0.6) is 5.75 Å². The topological polar surface area (TPSA) is 100 Å². The molecule has 0 radical (unpaired) electrons. The van der Waals surface area contributed by atoms with Gasteiger partial charge >= 0.3 is 0 Å². The second-order valence-electron chi connectivity index (χ2n) is 9.52. The summed E-state index contributed by atoms with van der Waals surface area (Å²) >= 11 is 0. The highest BCUT2D eigenvalue weighted by Gasteiger charge is 2.43. The molecular formula is C24H33N3O5. The van der Waals surface area contributed by atoms with Crippen LogP contribution < -0.4 is 15.4 Å². The number of nitrogens with zero attached hydrogens (tertiary/aromatic N) is 1. The molecule has 0 aromatic heterocycles. The minimum atomic E-state index is -0.578. The second-order valence-corrected chi connectivity index (χ2v) is 9.52. The van der Waals surface area contributed by atoms with Gasteiger partial charge in [0.15, 0.2) is 0 Å². The van der Waals surface area contributed by atoms with Crippen LogP contribution in [0.1, 0.15) is 55.3 Å². The predicted molar refractivity (Wildman–Crippen MR) is 117 cm³/mol. The first-order valence-electron chi connectivity index (χ1n) is 12.0. The Balaban J connectivity index is 1.39. The Hall–Kier alpha value is -2.16. The third kappa shape index (κ3) is 4.49. The lowest BCUT2D eigenvalue weighted by molar-refractivity contribution is -0.134. The van der Waals surface area contributed by atoms with Crippen LogP contribution in [-0.4, -0.2) is 78.0 Å². The Kier molecular flexibility index (Phi) is 6.35. The zero-order valence-corrected chi connectivity index (χ0v) is 18.4. The molecule has 3 N–H and O–H groups in total. The molecule has 5 rings (SSSR count). The van der Waals surface area contributed by atoms with Gasteiger partial charge in [-0.15, -0.1) is 0 Å². The van der Waals surface area contributed by atoms with Gasteiger partial charge in [-0.1, -0.05) is 18.6 Å². The molecule has 8 nitrogen and oxygen atoms in total. The van der Waals surface area contributed by atoms with Gasteiger partial charge in [0.1, 0.15) is 11.9 Å². The molecule has 1 aliphatic carbocycles. The van der Waals surface area contributed by atoms with E-state index in [0.29, 0.717) is 56.3 Å². The van der Waals surface area contributed by atoms with Gasteiger partial charge in [-0.05, 0) is 44.2 Å². The molecule has 4 aliphatic rings. The number of amides is 2. The van der Waals surface area contributed by atoms with Crippen molar-refractivity contribution in [2.24, 2.45) is 0 Å². The zero-order valence-electron chi connectivity index (χ0n) is 18.4. The SMILES string of the molecule is O=C1N[C@H]2C[C@@H](C(=O)NC[C@H]3O[C@H](CCOc4ccccc41)CC[C@@H]3O)N(C1CCC1)C2. The van der Waals surface area contributed by atoms with Gasteiger partial charge in [-0.2, -0.15) is 0 Å². The van der Waals surface area contributed by atoms with Crippen LogP contribution >= 0.6 is 0 Å². The number of fused-ring (bicyclic) bond motifs is 5. The maximum Gasteiger partial charge on any atom is 0.255 e. The van der Waals surface area contributed by atoms with Gasteiger partial charge in [0.25, 0.3) is 5.91 Å². The lowest BCUT2D eigenvalue weighted by atomic mass is 9.91.